The number of H-pyrrole nitrogens is 1. The van der Waals surface area contributed by atoms with E-state index in [1.807, 2.05) is 0 Å². The number of amides is 1. The number of aromatic amines is 1. The molecule has 1 aromatic heterocycles. The highest BCUT2D eigenvalue weighted by Gasteiger charge is 2.46. The van der Waals surface area contributed by atoms with E-state index in [0.717, 1.165) is 38.3 Å². The number of carbonyl (C=O) groups is 1. The Kier molecular flexibility index (Phi) is 5.32. The second-order valence-electron chi connectivity index (χ2n) is 8.06. The zero-order valence-corrected chi connectivity index (χ0v) is 15.9. The van der Waals surface area contributed by atoms with E-state index in [1.54, 1.807) is 11.1 Å². The number of hydrogen-bond donors (Lipinski definition) is 4. The molecule has 5 nitrogen and oxygen atoms in total. The van der Waals surface area contributed by atoms with Gasteiger partial charge in [0, 0.05) is 29.6 Å². The van der Waals surface area contributed by atoms with Crippen molar-refractivity contribution >= 4 is 16.8 Å². The fourth-order valence-corrected chi connectivity index (χ4v) is 4.80. The second-order valence-corrected chi connectivity index (χ2v) is 8.06. The third-order valence-corrected chi connectivity index (χ3v) is 6.38. The molecule has 2 unspecified atom stereocenters. The summed E-state index contributed by atoms with van der Waals surface area (Å²) in [6.07, 6.45) is 7.06. The molecule has 27 heavy (non-hydrogen) atoms. The molecule has 3 atom stereocenters. The van der Waals surface area contributed by atoms with E-state index in [9.17, 15) is 4.79 Å². The molecule has 0 spiro atoms. The van der Waals surface area contributed by atoms with Gasteiger partial charge in [-0.25, -0.2) is 5.48 Å². The third kappa shape index (κ3) is 3.94. The summed E-state index contributed by atoms with van der Waals surface area (Å²) in [5.74, 6) is 1.79. The highest BCUT2D eigenvalue weighted by molar-refractivity contribution is 5.84. The highest BCUT2D eigenvalue weighted by atomic mass is 16.5. The maximum absolute atomic E-state index is 11.2. The minimum atomic E-state index is -0.267. The van der Waals surface area contributed by atoms with Crippen LogP contribution < -0.4 is 10.8 Å². The van der Waals surface area contributed by atoms with Crippen molar-refractivity contribution in [2.75, 3.05) is 13.1 Å². The smallest absolute Gasteiger partial charge is 0.243 e. The Labute approximate surface area is 160 Å². The Morgan fingerprint density at radius 2 is 2.19 bits per heavy atom. The summed E-state index contributed by atoms with van der Waals surface area (Å²) in [6.45, 7) is 4.12. The van der Waals surface area contributed by atoms with Crippen LogP contribution in [0.3, 0.4) is 0 Å². The Bertz CT molecular complexity index is 854. The largest absolute Gasteiger partial charge is 0.358 e. The van der Waals surface area contributed by atoms with Crippen LogP contribution in [0.5, 0.6) is 0 Å². The fourth-order valence-electron chi connectivity index (χ4n) is 4.80. The van der Waals surface area contributed by atoms with Crippen LogP contribution in [0.1, 0.15) is 36.9 Å². The van der Waals surface area contributed by atoms with Crippen molar-refractivity contribution in [1.82, 2.24) is 15.8 Å². The van der Waals surface area contributed by atoms with Crippen molar-refractivity contribution in [1.29, 1.82) is 0 Å². The molecule has 0 bridgehead atoms. The maximum atomic E-state index is 11.2. The van der Waals surface area contributed by atoms with Gasteiger partial charge < -0.3 is 10.3 Å². The number of nitrogens with one attached hydrogen (secondary N) is 3. The van der Waals surface area contributed by atoms with E-state index < -0.39 is 0 Å². The van der Waals surface area contributed by atoms with Crippen LogP contribution in [-0.4, -0.2) is 29.2 Å². The first-order valence-electron chi connectivity index (χ1n) is 10.1. The molecule has 1 aromatic carbocycles. The van der Waals surface area contributed by atoms with Crippen molar-refractivity contribution in [3.63, 3.8) is 0 Å². The number of allylic oxidation sites excluding steroid dienone is 1. The molecule has 1 heterocycles. The summed E-state index contributed by atoms with van der Waals surface area (Å²) in [4.78, 5) is 14.7. The molecule has 5 heteroatoms. The van der Waals surface area contributed by atoms with Gasteiger partial charge >= 0.3 is 0 Å². The quantitative estimate of drug-likeness (QED) is 0.250. The molecule has 2 aliphatic carbocycles. The molecule has 1 amide bonds. The van der Waals surface area contributed by atoms with Crippen LogP contribution >= 0.6 is 0 Å². The molecule has 4 rings (SSSR count). The van der Waals surface area contributed by atoms with E-state index in [-0.39, 0.29) is 5.91 Å². The predicted molar refractivity (Wildman–Crippen MR) is 107 cm³/mol. The van der Waals surface area contributed by atoms with Gasteiger partial charge in [0.2, 0.25) is 5.91 Å². The van der Waals surface area contributed by atoms with E-state index in [4.69, 9.17) is 5.21 Å². The van der Waals surface area contributed by atoms with Gasteiger partial charge in [0.25, 0.3) is 0 Å². The highest BCUT2D eigenvalue weighted by Crippen LogP contribution is 2.54. The van der Waals surface area contributed by atoms with Crippen molar-refractivity contribution in [2.24, 2.45) is 17.8 Å². The molecule has 2 aromatic rings. The number of hydrogen-bond acceptors (Lipinski definition) is 3. The summed E-state index contributed by atoms with van der Waals surface area (Å²) < 4.78 is 0. The molecule has 1 saturated carbocycles. The summed E-state index contributed by atoms with van der Waals surface area (Å²) in [7, 11) is 0. The lowest BCUT2D eigenvalue weighted by molar-refractivity contribution is -0.129. The second kappa shape index (κ2) is 7.87. The Balaban J connectivity index is 1.25. The number of para-hydroxylation sites is 1. The number of aryl methyl sites for hydroxylation is 1. The van der Waals surface area contributed by atoms with Gasteiger partial charge in [-0.1, -0.05) is 29.8 Å². The number of benzene rings is 1. The first kappa shape index (κ1) is 18.3. The Morgan fingerprint density at radius 3 is 3.04 bits per heavy atom. The van der Waals surface area contributed by atoms with E-state index >= 15 is 0 Å². The minimum Gasteiger partial charge on any atom is -0.358 e. The van der Waals surface area contributed by atoms with Crippen molar-refractivity contribution in [3.05, 3.63) is 47.2 Å². The third-order valence-electron chi connectivity index (χ3n) is 6.38. The lowest BCUT2D eigenvalue weighted by atomic mass is 9.86. The van der Waals surface area contributed by atoms with Gasteiger partial charge in [-0.05, 0) is 68.5 Å². The minimum absolute atomic E-state index is 0.267. The molecule has 4 N–H and O–H groups in total. The van der Waals surface area contributed by atoms with Crippen molar-refractivity contribution in [2.45, 2.75) is 39.0 Å². The number of hydroxylamine groups is 1. The first-order chi connectivity index (χ1) is 13.2. The Morgan fingerprint density at radius 1 is 1.33 bits per heavy atom. The standard InChI is InChI=1S/C22H29N3O2/c1-14-17(18-4-2-3-5-21(18)24-14)10-11-23-13-16-7-6-15(19-12-20(16)19)8-9-22(26)25-27/h2-5,7,15,19-20,23-24,27H,6,8-13H2,1H3,(H,25,26)/t15?,19?,20-/m1/s1. The number of rotatable bonds is 8. The zero-order valence-electron chi connectivity index (χ0n) is 15.9. The van der Waals surface area contributed by atoms with Gasteiger partial charge in [-0.15, -0.1) is 0 Å². The van der Waals surface area contributed by atoms with E-state index in [1.165, 1.54) is 28.6 Å². The average molecular weight is 367 g/mol. The SMILES string of the molecule is Cc1[nH]c2ccccc2c1CCNCC1=CCC(CCC(=O)NO)C2C[C@H]12. The van der Waals surface area contributed by atoms with Crippen LogP contribution in [0.4, 0.5) is 0 Å². The predicted octanol–water partition coefficient (Wildman–Crippen LogP) is 3.48. The van der Waals surface area contributed by atoms with E-state index in [2.05, 4.69) is 47.6 Å². The van der Waals surface area contributed by atoms with Gasteiger partial charge in [0.1, 0.15) is 0 Å². The van der Waals surface area contributed by atoms with E-state index in [0.29, 0.717) is 18.3 Å². The summed E-state index contributed by atoms with van der Waals surface area (Å²) in [5.41, 5.74) is 7.20. The molecule has 144 valence electrons. The number of fused-ring (bicyclic) bond motifs is 2. The molecule has 0 saturated heterocycles. The summed E-state index contributed by atoms with van der Waals surface area (Å²) in [6, 6.07) is 8.52. The van der Waals surface area contributed by atoms with Gasteiger partial charge in [0.15, 0.2) is 0 Å². The van der Waals surface area contributed by atoms with Crippen molar-refractivity contribution < 1.29 is 10.0 Å². The number of carbonyl (C=O) groups excluding carboxylic acids is 1. The molecule has 1 fully saturated rings. The van der Waals surface area contributed by atoms with Crippen LogP contribution in [-0.2, 0) is 11.2 Å². The lowest BCUT2D eigenvalue weighted by Gasteiger charge is -2.21. The molecule has 0 aliphatic heterocycles. The molecule has 2 aliphatic rings. The van der Waals surface area contributed by atoms with Gasteiger partial charge in [-0.3, -0.25) is 10.0 Å². The van der Waals surface area contributed by atoms with Gasteiger partial charge in [0.05, 0.1) is 0 Å². The first-order valence-corrected chi connectivity index (χ1v) is 10.1. The molecular formula is C22H29N3O2. The molecular weight excluding hydrogens is 338 g/mol. The number of aromatic nitrogens is 1. The Hall–Kier alpha value is -2.11. The van der Waals surface area contributed by atoms with Crippen molar-refractivity contribution in [3.8, 4) is 0 Å². The monoisotopic (exact) mass is 367 g/mol. The topological polar surface area (TPSA) is 77.2 Å². The summed E-state index contributed by atoms with van der Waals surface area (Å²) in [5, 5.41) is 13.6. The normalized spacial score (nSPS) is 23.8. The van der Waals surface area contributed by atoms with Gasteiger partial charge in [-0.2, -0.15) is 0 Å². The van der Waals surface area contributed by atoms with Crippen LogP contribution in [0.25, 0.3) is 10.9 Å². The lowest BCUT2D eigenvalue weighted by Crippen LogP contribution is -2.24. The average Bonchev–Trinajstić information content (AvgIpc) is 3.42. The maximum Gasteiger partial charge on any atom is 0.243 e. The van der Waals surface area contributed by atoms with Crippen LogP contribution in [0.15, 0.2) is 35.9 Å². The fraction of sp³-hybridized carbons (Fsp3) is 0.500. The van der Waals surface area contributed by atoms with Crippen LogP contribution in [0.2, 0.25) is 0 Å². The summed E-state index contributed by atoms with van der Waals surface area (Å²) >= 11 is 0. The van der Waals surface area contributed by atoms with Crippen LogP contribution in [0, 0.1) is 24.7 Å². The molecule has 0 radical (unpaired) electrons. The zero-order chi connectivity index (χ0) is 18.8.